The lowest BCUT2D eigenvalue weighted by Crippen LogP contribution is -2.28. The highest BCUT2D eigenvalue weighted by molar-refractivity contribution is 8.00. The number of benzene rings is 3. The van der Waals surface area contributed by atoms with Crippen molar-refractivity contribution in [3.05, 3.63) is 84.2 Å². The van der Waals surface area contributed by atoms with E-state index >= 15 is 0 Å². The first kappa shape index (κ1) is 21.2. The first-order valence-corrected chi connectivity index (χ1v) is 11.9. The van der Waals surface area contributed by atoms with Crippen LogP contribution in [-0.4, -0.2) is 27.2 Å². The Kier molecular flexibility index (Phi) is 5.88. The third-order valence-corrected chi connectivity index (χ3v) is 7.39. The molecule has 0 spiro atoms. The average Bonchev–Trinajstić information content (AvgIpc) is 3.15. The van der Waals surface area contributed by atoms with E-state index in [0.717, 1.165) is 17.7 Å². The van der Waals surface area contributed by atoms with Gasteiger partial charge in [0, 0.05) is 5.69 Å². The molecule has 6 nitrogen and oxygen atoms in total. The summed E-state index contributed by atoms with van der Waals surface area (Å²) in [5, 5.41) is -0.258. The molecule has 1 atom stereocenters. The number of ether oxygens (including phenoxy) is 1. The Labute approximate surface area is 184 Å². The Morgan fingerprint density at radius 2 is 1.71 bits per heavy atom. The molecule has 0 bridgehead atoms. The van der Waals surface area contributed by atoms with E-state index in [-0.39, 0.29) is 16.2 Å². The van der Waals surface area contributed by atoms with Gasteiger partial charge in [-0.2, -0.15) is 0 Å². The maximum atomic E-state index is 13.1. The van der Waals surface area contributed by atoms with Crippen LogP contribution in [0.1, 0.15) is 10.9 Å². The number of rotatable bonds is 6. The van der Waals surface area contributed by atoms with Gasteiger partial charge in [-0.15, -0.1) is 11.8 Å². The molecule has 0 aromatic heterocycles. The molecule has 1 N–H and O–H groups in total. The molecule has 1 unspecified atom stereocenters. The highest BCUT2D eigenvalue weighted by Crippen LogP contribution is 2.44. The zero-order valence-corrected chi connectivity index (χ0v) is 18.1. The average molecular weight is 459 g/mol. The molecule has 4 rings (SSSR count). The molecular weight excluding hydrogens is 439 g/mol. The van der Waals surface area contributed by atoms with Gasteiger partial charge in [-0.05, 0) is 54.1 Å². The van der Waals surface area contributed by atoms with Crippen LogP contribution in [0.25, 0.3) is 0 Å². The van der Waals surface area contributed by atoms with E-state index in [1.165, 1.54) is 23.9 Å². The van der Waals surface area contributed by atoms with Gasteiger partial charge in [0.2, 0.25) is 5.91 Å². The highest BCUT2D eigenvalue weighted by Gasteiger charge is 2.35. The zero-order chi connectivity index (χ0) is 22.0. The molecule has 1 heterocycles. The number of nitrogens with zero attached hydrogens (tertiary/aromatic N) is 1. The zero-order valence-electron chi connectivity index (χ0n) is 16.5. The maximum Gasteiger partial charge on any atom is 0.261 e. The number of carbonyl (C=O) groups excluding carboxylic acids is 1. The number of carbonyl (C=O) groups is 1. The van der Waals surface area contributed by atoms with Crippen LogP contribution >= 0.6 is 11.8 Å². The second kappa shape index (κ2) is 8.60. The number of halogens is 1. The molecule has 160 valence electrons. The molecule has 31 heavy (non-hydrogen) atoms. The molecular formula is C22H19FN2O4S2. The summed E-state index contributed by atoms with van der Waals surface area (Å²) in [6.07, 6.45) is 0. The van der Waals surface area contributed by atoms with Crippen LogP contribution in [0.2, 0.25) is 0 Å². The minimum Gasteiger partial charge on any atom is -0.495 e. The highest BCUT2D eigenvalue weighted by atomic mass is 32.2. The summed E-state index contributed by atoms with van der Waals surface area (Å²) in [6, 6.07) is 18.8. The van der Waals surface area contributed by atoms with Crippen LogP contribution in [-0.2, 0) is 14.8 Å². The van der Waals surface area contributed by atoms with E-state index in [4.69, 9.17) is 4.74 Å². The number of anilines is 2. The normalized spacial score (nSPS) is 16.4. The number of sulfonamides is 1. The molecule has 9 heteroatoms. The molecule has 3 aromatic rings. The van der Waals surface area contributed by atoms with Crippen molar-refractivity contribution in [1.82, 2.24) is 0 Å². The summed E-state index contributed by atoms with van der Waals surface area (Å²) >= 11 is 1.49. The monoisotopic (exact) mass is 458 g/mol. The van der Waals surface area contributed by atoms with Gasteiger partial charge in [-0.25, -0.2) is 12.8 Å². The number of hydrogen-bond acceptors (Lipinski definition) is 5. The van der Waals surface area contributed by atoms with Crippen molar-refractivity contribution in [1.29, 1.82) is 0 Å². The van der Waals surface area contributed by atoms with E-state index in [9.17, 15) is 17.6 Å². The van der Waals surface area contributed by atoms with Crippen molar-refractivity contribution in [2.45, 2.75) is 10.3 Å². The molecule has 3 aromatic carbocycles. The van der Waals surface area contributed by atoms with Crippen LogP contribution in [0.15, 0.2) is 77.7 Å². The van der Waals surface area contributed by atoms with E-state index in [2.05, 4.69) is 4.72 Å². The first-order valence-electron chi connectivity index (χ1n) is 9.34. The third-order valence-electron chi connectivity index (χ3n) is 4.78. The summed E-state index contributed by atoms with van der Waals surface area (Å²) in [6.45, 7) is 0. The van der Waals surface area contributed by atoms with E-state index < -0.39 is 15.8 Å². The Morgan fingerprint density at radius 3 is 2.39 bits per heavy atom. The number of hydrogen-bond donors (Lipinski definition) is 1. The fourth-order valence-corrected chi connectivity index (χ4v) is 5.53. The smallest absolute Gasteiger partial charge is 0.261 e. The number of methoxy groups -OCH3 is 1. The van der Waals surface area contributed by atoms with Crippen LogP contribution in [0.4, 0.5) is 15.8 Å². The molecule has 1 saturated heterocycles. The second-order valence-electron chi connectivity index (χ2n) is 6.78. The first-order chi connectivity index (χ1) is 14.9. The van der Waals surface area contributed by atoms with Gasteiger partial charge in [0.25, 0.3) is 10.0 Å². The minimum atomic E-state index is -3.84. The molecule has 0 saturated carbocycles. The Morgan fingerprint density at radius 1 is 1.03 bits per heavy atom. The van der Waals surface area contributed by atoms with Gasteiger partial charge in [-0.3, -0.25) is 14.4 Å². The van der Waals surface area contributed by atoms with Crippen LogP contribution in [0, 0.1) is 5.82 Å². The Hall–Kier alpha value is -3.04. The van der Waals surface area contributed by atoms with Gasteiger partial charge in [0.05, 0.1) is 23.4 Å². The van der Waals surface area contributed by atoms with Crippen molar-refractivity contribution in [3.8, 4) is 5.75 Å². The van der Waals surface area contributed by atoms with E-state index in [1.54, 1.807) is 42.3 Å². The Balaban J connectivity index is 1.57. The van der Waals surface area contributed by atoms with Crippen LogP contribution in [0.5, 0.6) is 5.75 Å². The largest absolute Gasteiger partial charge is 0.495 e. The van der Waals surface area contributed by atoms with Crippen molar-refractivity contribution in [2.24, 2.45) is 0 Å². The fourth-order valence-electron chi connectivity index (χ4n) is 3.30. The minimum absolute atomic E-state index is 0.0272. The summed E-state index contributed by atoms with van der Waals surface area (Å²) < 4.78 is 46.0. The lowest BCUT2D eigenvalue weighted by molar-refractivity contribution is -0.115. The maximum absolute atomic E-state index is 13.1. The molecule has 0 radical (unpaired) electrons. The number of amides is 1. The van der Waals surface area contributed by atoms with Gasteiger partial charge in [-0.1, -0.05) is 24.3 Å². The predicted octanol–water partition coefficient (Wildman–Crippen LogP) is 4.41. The quantitative estimate of drug-likeness (QED) is 0.592. The third kappa shape index (κ3) is 4.38. The molecule has 1 fully saturated rings. The lowest BCUT2D eigenvalue weighted by Gasteiger charge is -2.26. The summed E-state index contributed by atoms with van der Waals surface area (Å²) in [4.78, 5) is 14.3. The summed E-state index contributed by atoms with van der Waals surface area (Å²) in [5.74, 6) is 0.404. The summed E-state index contributed by atoms with van der Waals surface area (Å²) in [5.41, 5.74) is 1.91. The van der Waals surface area contributed by atoms with Gasteiger partial charge >= 0.3 is 0 Å². The van der Waals surface area contributed by atoms with Crippen molar-refractivity contribution in [2.75, 3.05) is 22.5 Å². The van der Waals surface area contributed by atoms with Crippen LogP contribution in [0.3, 0.4) is 0 Å². The lowest BCUT2D eigenvalue weighted by atomic mass is 10.1. The summed E-state index contributed by atoms with van der Waals surface area (Å²) in [7, 11) is -2.28. The van der Waals surface area contributed by atoms with Crippen molar-refractivity contribution < 1.29 is 22.3 Å². The predicted molar refractivity (Wildman–Crippen MR) is 119 cm³/mol. The fraction of sp³-hybridized carbons (Fsp3) is 0.136. The molecule has 0 aliphatic carbocycles. The van der Waals surface area contributed by atoms with E-state index in [1.807, 2.05) is 18.2 Å². The second-order valence-corrected chi connectivity index (χ2v) is 9.53. The van der Waals surface area contributed by atoms with Crippen LogP contribution < -0.4 is 14.4 Å². The van der Waals surface area contributed by atoms with Gasteiger partial charge in [0.15, 0.2) is 0 Å². The van der Waals surface area contributed by atoms with Crippen molar-refractivity contribution >= 4 is 39.1 Å². The van der Waals surface area contributed by atoms with E-state index in [0.29, 0.717) is 22.9 Å². The number of thioether (sulfide) groups is 1. The van der Waals surface area contributed by atoms with Gasteiger partial charge in [0.1, 0.15) is 16.9 Å². The Bertz CT molecular complexity index is 1200. The van der Waals surface area contributed by atoms with Crippen molar-refractivity contribution in [3.63, 3.8) is 0 Å². The molecule has 1 aliphatic heterocycles. The molecule has 1 aliphatic rings. The number of para-hydroxylation sites is 2. The standard InChI is InChI=1S/C22H19FN2O4S2/c1-29-20-5-3-2-4-19(20)25-21(26)14-30-22(25)15-6-10-17(11-7-15)24-31(27,28)18-12-8-16(23)9-13-18/h2-13,22,24H,14H2,1H3. The number of nitrogens with one attached hydrogen (secondary N) is 1. The SMILES string of the molecule is COc1ccccc1N1C(=O)CSC1c1ccc(NS(=O)(=O)c2ccc(F)cc2)cc1. The molecule has 1 amide bonds. The van der Waals surface area contributed by atoms with Gasteiger partial charge < -0.3 is 4.74 Å². The topological polar surface area (TPSA) is 75.7 Å².